The van der Waals surface area contributed by atoms with E-state index in [1.807, 2.05) is 13.8 Å². The molecule has 19 N–H and O–H groups in total. The molecule has 0 aliphatic carbocycles. The van der Waals surface area contributed by atoms with Gasteiger partial charge in [-0.25, -0.2) is 4.79 Å². The van der Waals surface area contributed by atoms with Crippen molar-refractivity contribution < 1.29 is 118 Å². The number of nitrogens with one attached hydrogen (secondary N) is 6. The number of aromatic hydroxyl groups is 3. The van der Waals surface area contributed by atoms with Crippen LogP contribution in [0.3, 0.4) is 0 Å². The number of nitrogens with zero attached hydrogens (tertiary/aromatic N) is 1. The van der Waals surface area contributed by atoms with Crippen LogP contribution >= 0.6 is 23.2 Å². The summed E-state index contributed by atoms with van der Waals surface area (Å²) >= 11 is 14.2. The average Bonchev–Trinajstić information content (AvgIpc) is 0.764. The van der Waals surface area contributed by atoms with Gasteiger partial charge >= 0.3 is 5.97 Å². The van der Waals surface area contributed by atoms with Gasteiger partial charge in [0.05, 0.1) is 34.7 Å². The standard InChI is InChI=1S/C67H75Cl2N9O24/c1-24(2)13-36(78(5)6)60(90)76-50-52(84)27-8-11-39(33(68)15-27)98-41-17-29-18-42(57(41)102-66-55(87)54(86)53(85)43(23-79)100-66)99-40-12-9-28(16-34(40)69)56(101-45-22-67(4,71)58(88)25(3)97-45)51-64(94)75-49(65(95)96)32-19-30(80)20-38(82)46(32)31-14-26(7-10-37(31)81)47(61(91)77-51)74-62(92)48(29)73-59(89)35(21-44(70)83)72-63(50)93/h7-12,14-20,24-25,35-36,43,45,47-56,66,79-82,84-87H,13,21-23,71H2,1-6H3,(H2,70,83)(H,72,93)(H,73,89)(H,74,92)(H,75,94)(H,76,90)(H,77,91)(H,95,96)/t25-,35-,36+,43+,45-,47+,48+,49-,50+,51-,52+,53+,54-,55+,56+,66-,67-/m0/s1. The minimum atomic E-state index is -2.35. The molecule has 11 bridgehead atoms. The first-order chi connectivity index (χ1) is 48.0. The number of rotatable bonds is 13. The van der Waals surface area contributed by atoms with E-state index < -0.39 is 243 Å². The number of aliphatic hydroxyl groups excluding tert-OH is 5. The number of benzene rings is 5. The Labute approximate surface area is 590 Å². The van der Waals surface area contributed by atoms with Gasteiger partial charge in [0, 0.05) is 29.2 Å². The number of nitrogens with two attached hydrogens (primary N) is 2. The van der Waals surface area contributed by atoms with Gasteiger partial charge in [0.2, 0.25) is 53.4 Å². The Balaban J connectivity index is 1.26. The van der Waals surface area contributed by atoms with Crippen LogP contribution in [0.2, 0.25) is 10.0 Å². The van der Waals surface area contributed by atoms with Gasteiger partial charge in [0.1, 0.15) is 102 Å². The Bertz CT molecular complexity index is 4160. The number of hydrogen-bond donors (Lipinski definition) is 17. The van der Waals surface area contributed by atoms with Crippen LogP contribution < -0.4 is 57.6 Å². The van der Waals surface area contributed by atoms with Crippen LogP contribution in [0.5, 0.6) is 46.0 Å². The fourth-order valence-corrected chi connectivity index (χ4v) is 13.0. The van der Waals surface area contributed by atoms with Crippen molar-refractivity contribution >= 4 is 76.3 Å². The summed E-state index contributed by atoms with van der Waals surface area (Å²) in [5.41, 5.74) is 7.82. The Morgan fingerprint density at radius 2 is 1.32 bits per heavy atom. The number of halogens is 2. The number of aliphatic carboxylic acids is 1. The second-order valence-corrected chi connectivity index (χ2v) is 26.9. The minimum Gasteiger partial charge on any atom is -0.508 e. The van der Waals surface area contributed by atoms with Crippen molar-refractivity contribution in [2.24, 2.45) is 17.4 Å². The molecule has 35 heteroatoms. The molecule has 7 amide bonds. The van der Waals surface area contributed by atoms with Crippen molar-refractivity contribution in [2.75, 3.05) is 20.7 Å². The van der Waals surface area contributed by atoms with Gasteiger partial charge in [-0.1, -0.05) is 55.2 Å². The van der Waals surface area contributed by atoms with E-state index in [-0.39, 0.29) is 39.8 Å². The number of likely N-dealkylation sites (N-methyl/N-ethyl adjacent to an activating group) is 1. The number of hydrogen-bond acceptors (Lipinski definition) is 25. The Kier molecular flexibility index (Phi) is 22.3. The molecule has 5 aromatic rings. The van der Waals surface area contributed by atoms with Crippen molar-refractivity contribution in [1.29, 1.82) is 0 Å². The maximum atomic E-state index is 16.1. The zero-order valence-electron chi connectivity index (χ0n) is 55.2. The summed E-state index contributed by atoms with van der Waals surface area (Å²) in [6.07, 6.45) is -18.1. The van der Waals surface area contributed by atoms with E-state index in [1.165, 1.54) is 32.0 Å². The van der Waals surface area contributed by atoms with Gasteiger partial charge in [-0.05, 0) is 117 Å². The first kappa shape index (κ1) is 75.2. The number of phenols is 3. The molecule has 0 saturated carbocycles. The lowest BCUT2D eigenvalue weighted by Crippen LogP contribution is -2.60. The molecule has 2 saturated heterocycles. The smallest absolute Gasteiger partial charge is 0.330 e. The number of aliphatic hydroxyl groups is 5. The maximum absolute atomic E-state index is 16.1. The number of ether oxygens (including phenoxy) is 6. The molecular weight excluding hydrogens is 1390 g/mol. The van der Waals surface area contributed by atoms with E-state index >= 15 is 19.2 Å². The Morgan fingerprint density at radius 1 is 0.716 bits per heavy atom. The third-order valence-electron chi connectivity index (χ3n) is 17.8. The van der Waals surface area contributed by atoms with Crippen LogP contribution in [0.15, 0.2) is 78.9 Å². The highest BCUT2D eigenvalue weighted by Crippen LogP contribution is 2.50. The third-order valence-corrected chi connectivity index (χ3v) is 18.4. The zero-order chi connectivity index (χ0) is 74.4. The monoisotopic (exact) mass is 1460 g/mol. The van der Waals surface area contributed by atoms with Crippen molar-refractivity contribution in [1.82, 2.24) is 36.8 Å². The number of fused-ring (bicyclic) bond motifs is 15. The summed E-state index contributed by atoms with van der Waals surface area (Å²) < 4.78 is 37.8. The molecule has 0 unspecified atom stereocenters. The summed E-state index contributed by atoms with van der Waals surface area (Å²) in [7, 11) is 3.19. The van der Waals surface area contributed by atoms with E-state index in [0.29, 0.717) is 0 Å². The molecule has 0 aromatic heterocycles. The molecule has 2 fully saturated rings. The predicted octanol–water partition coefficient (Wildman–Crippen LogP) is 0.657. The SMILES string of the molecule is CC(C)C[C@H](C(=O)N[C@H]1C(=O)N[C@@H](CC(N)=O)C(=O)N[C@H]2C(=O)N[C@H]3C(=O)N[C@H](C(=O)N[C@H](C(=O)O)c4cc(O)cc(O)c4-c4cc3ccc4O)[C@H](O[C@H]3C[C@](C)(N)C(=O)[C@H](C)O3)c3ccc(c(Cl)c3)Oc3cc2cc(c3O[C@@H]2O[C@H](CO)[C@@H](O)[C@H](O)[C@H]2O)Oc2ccc(cc2Cl)[C@H]1O)N(C)C. The number of ketones is 1. The fourth-order valence-electron chi connectivity index (χ4n) is 12.5. The average molecular weight is 1460 g/mol. The summed E-state index contributed by atoms with van der Waals surface area (Å²) in [4.78, 5) is 134. The predicted molar refractivity (Wildman–Crippen MR) is 353 cm³/mol. The summed E-state index contributed by atoms with van der Waals surface area (Å²) in [6, 6.07) is -0.470. The van der Waals surface area contributed by atoms with E-state index in [1.54, 1.807) is 19.0 Å². The third kappa shape index (κ3) is 15.8. The van der Waals surface area contributed by atoms with Crippen LogP contribution in [0, 0.1) is 5.92 Å². The lowest BCUT2D eigenvalue weighted by atomic mass is 9.88. The summed E-state index contributed by atoms with van der Waals surface area (Å²) in [6.45, 7) is 5.44. The highest BCUT2D eigenvalue weighted by Gasteiger charge is 2.49. The van der Waals surface area contributed by atoms with Gasteiger partial charge in [0.15, 0.2) is 29.6 Å². The first-order valence-corrected chi connectivity index (χ1v) is 32.6. The molecule has 7 heterocycles. The molecule has 17 atom stereocenters. The number of Topliss-reactive ketones (excluding diaryl/α,β-unsaturated/α-hetero) is 1. The number of carbonyl (C=O) groups is 9. The maximum Gasteiger partial charge on any atom is 0.330 e. The minimum absolute atomic E-state index is 0.0929. The molecule has 0 spiro atoms. The lowest BCUT2D eigenvalue weighted by molar-refractivity contribution is -0.277. The molecule has 0 radical (unpaired) electrons. The normalized spacial score (nSPS) is 28.6. The second-order valence-electron chi connectivity index (χ2n) is 26.1. The molecule has 102 heavy (non-hydrogen) atoms. The number of amides is 7. The van der Waals surface area contributed by atoms with E-state index in [0.717, 1.165) is 60.7 Å². The molecule has 12 rings (SSSR count). The zero-order valence-corrected chi connectivity index (χ0v) is 56.7. The largest absolute Gasteiger partial charge is 0.508 e. The molecular formula is C67H75Cl2N9O24. The van der Waals surface area contributed by atoms with Crippen molar-refractivity contribution in [2.45, 2.75) is 150 Å². The molecule has 7 aliphatic heterocycles. The molecule has 5 aromatic carbocycles. The van der Waals surface area contributed by atoms with Gasteiger partial charge in [-0.15, -0.1) is 0 Å². The number of phenolic OH excluding ortho intramolecular Hbond substituents is 3. The van der Waals surface area contributed by atoms with Gasteiger partial charge in [0.25, 0.3) is 0 Å². The lowest BCUT2D eigenvalue weighted by Gasteiger charge is -2.40. The van der Waals surface area contributed by atoms with E-state index in [9.17, 15) is 69.9 Å². The van der Waals surface area contributed by atoms with Gasteiger partial charge in [-0.3, -0.25) is 43.3 Å². The topological polar surface area (TPSA) is 519 Å². The second kappa shape index (κ2) is 30.2. The van der Waals surface area contributed by atoms with Crippen LogP contribution in [-0.2, 0) is 57.4 Å². The Morgan fingerprint density at radius 3 is 1.92 bits per heavy atom. The van der Waals surface area contributed by atoms with Crippen LogP contribution in [-0.4, -0.2) is 197 Å². The number of carboxylic acid groups (broad SMARTS) is 1. The number of primary amides is 1. The van der Waals surface area contributed by atoms with Crippen molar-refractivity contribution in [3.05, 3.63) is 117 Å². The number of carbonyl (C=O) groups excluding carboxylic acids is 8. The number of carboxylic acids is 1. The van der Waals surface area contributed by atoms with Crippen molar-refractivity contribution in [3.8, 4) is 57.1 Å². The van der Waals surface area contributed by atoms with Crippen LogP contribution in [0.1, 0.15) is 105 Å². The van der Waals surface area contributed by atoms with E-state index in [2.05, 4.69) is 31.9 Å². The van der Waals surface area contributed by atoms with Crippen LogP contribution in [0.4, 0.5) is 0 Å². The fraction of sp³-hybridized carbons (Fsp3) is 0.418. The highest BCUT2D eigenvalue weighted by molar-refractivity contribution is 6.32. The molecule has 33 nitrogen and oxygen atoms in total. The highest BCUT2D eigenvalue weighted by atomic mass is 35.5. The van der Waals surface area contributed by atoms with Crippen LogP contribution in [0.25, 0.3) is 11.1 Å². The molecule has 546 valence electrons. The van der Waals surface area contributed by atoms with Gasteiger partial charge in [-0.2, -0.15) is 0 Å². The van der Waals surface area contributed by atoms with E-state index in [4.69, 9.17) is 63.1 Å². The molecule has 7 aliphatic rings. The summed E-state index contributed by atoms with van der Waals surface area (Å²) in [5.74, 6) is -16.6. The quantitative estimate of drug-likeness (QED) is 0.0770. The van der Waals surface area contributed by atoms with Crippen molar-refractivity contribution in [3.63, 3.8) is 0 Å². The van der Waals surface area contributed by atoms with Gasteiger partial charge < -0.3 is 118 Å². The Hall–Kier alpha value is -9.49. The first-order valence-electron chi connectivity index (χ1n) is 31.8. The summed E-state index contributed by atoms with van der Waals surface area (Å²) in [5, 5.41) is 115.